The Hall–Kier alpha value is -2.15. The Morgan fingerprint density at radius 2 is 1.94 bits per heavy atom. The Morgan fingerprint density at radius 3 is 2.69 bits per heavy atom. The number of pyridine rings is 1. The molecule has 0 radical (unpaired) electrons. The van der Waals surface area contributed by atoms with E-state index >= 15 is 0 Å². The minimum absolute atomic E-state index is 0.104. The van der Waals surface area contributed by atoms with Gasteiger partial charge in [-0.25, -0.2) is 0 Å². The van der Waals surface area contributed by atoms with E-state index in [0.29, 0.717) is 24.9 Å². The number of rotatable bonds is 6. The van der Waals surface area contributed by atoms with Crippen molar-refractivity contribution in [1.82, 2.24) is 9.47 Å². The molecule has 7 heteroatoms. The maximum Gasteiger partial charge on any atom is 0.250 e. The maximum absolute atomic E-state index is 12.8. The summed E-state index contributed by atoms with van der Waals surface area (Å²) in [7, 11) is 0. The number of piperidine rings is 2. The molecule has 5 atom stereocenters. The van der Waals surface area contributed by atoms with Crippen LogP contribution in [0, 0.1) is 23.7 Å². The summed E-state index contributed by atoms with van der Waals surface area (Å²) in [6.07, 6.45) is 6.15. The van der Waals surface area contributed by atoms with Gasteiger partial charge in [0.15, 0.2) is 0 Å². The molecule has 32 heavy (non-hydrogen) atoms. The number of carboxylic acid groups (broad SMARTS) is 1. The number of hydrogen-bond donors (Lipinski definition) is 1. The first-order chi connectivity index (χ1) is 15.5. The summed E-state index contributed by atoms with van der Waals surface area (Å²) in [5.74, 6) is 0.801. The van der Waals surface area contributed by atoms with Crippen molar-refractivity contribution in [1.29, 1.82) is 0 Å². The molecule has 1 unspecified atom stereocenters. The van der Waals surface area contributed by atoms with Crippen molar-refractivity contribution in [2.45, 2.75) is 57.4 Å². The van der Waals surface area contributed by atoms with Crippen LogP contribution in [0.25, 0.3) is 0 Å². The largest absolute Gasteiger partial charge is 0.550 e. The summed E-state index contributed by atoms with van der Waals surface area (Å²) in [6, 6.07) is 5.64. The lowest BCUT2D eigenvalue weighted by molar-refractivity contribution is -0.911. The molecule has 4 aliphatic rings. The molecular weight excluding hydrogens is 406 g/mol. The number of quaternary nitrogens is 1. The topological polar surface area (TPSA) is 86.9 Å². The first kappa shape index (κ1) is 21.7. The van der Waals surface area contributed by atoms with E-state index in [0.717, 1.165) is 64.7 Å². The van der Waals surface area contributed by atoms with Crippen LogP contribution in [0.4, 0.5) is 0 Å². The van der Waals surface area contributed by atoms with Gasteiger partial charge in [-0.05, 0) is 50.0 Å². The molecule has 0 aromatic carbocycles. The summed E-state index contributed by atoms with van der Waals surface area (Å²) in [5.41, 5.74) is 1.29. The molecule has 3 aliphatic heterocycles. The number of fused-ring (bicyclic) bond motifs is 4. The third-order valence-electron chi connectivity index (χ3n) is 8.63. The highest BCUT2D eigenvalue weighted by Gasteiger charge is 2.39. The molecule has 1 aliphatic carbocycles. The number of aliphatic carboxylic acids is 1. The van der Waals surface area contributed by atoms with Gasteiger partial charge in [0, 0.05) is 61.5 Å². The molecule has 5 rings (SSSR count). The predicted molar refractivity (Wildman–Crippen MR) is 117 cm³/mol. The van der Waals surface area contributed by atoms with Crippen LogP contribution in [0.5, 0.6) is 0 Å². The van der Waals surface area contributed by atoms with Gasteiger partial charge in [0.1, 0.15) is 0 Å². The number of nitrogens with zero attached hydrogens (tertiary/aromatic N) is 2. The molecule has 1 aromatic rings. The van der Waals surface area contributed by atoms with Gasteiger partial charge < -0.3 is 24.3 Å². The number of nitrogens with one attached hydrogen (secondary N) is 1. The molecule has 0 spiro atoms. The quantitative estimate of drug-likeness (QED) is 0.654. The van der Waals surface area contributed by atoms with Gasteiger partial charge in [-0.2, -0.15) is 0 Å². The second-order valence-electron chi connectivity index (χ2n) is 10.7. The van der Waals surface area contributed by atoms with Gasteiger partial charge in [0.2, 0.25) is 5.91 Å². The summed E-state index contributed by atoms with van der Waals surface area (Å²) in [6.45, 7) is 5.31. The van der Waals surface area contributed by atoms with Gasteiger partial charge in [0.25, 0.3) is 5.56 Å². The van der Waals surface area contributed by atoms with E-state index in [1.54, 1.807) is 11.0 Å². The van der Waals surface area contributed by atoms with Crippen molar-refractivity contribution in [3.05, 3.63) is 34.2 Å². The lowest BCUT2D eigenvalue weighted by Gasteiger charge is -2.43. The van der Waals surface area contributed by atoms with Crippen LogP contribution < -0.4 is 15.6 Å². The summed E-state index contributed by atoms with van der Waals surface area (Å²) < 4.78 is 1.97. The average molecular weight is 442 g/mol. The highest BCUT2D eigenvalue weighted by atomic mass is 16.4. The zero-order valence-corrected chi connectivity index (χ0v) is 18.8. The molecule has 4 heterocycles. The lowest BCUT2D eigenvalue weighted by Crippen LogP contribution is -3.14. The van der Waals surface area contributed by atoms with Crippen molar-refractivity contribution in [3.8, 4) is 0 Å². The highest BCUT2D eigenvalue weighted by molar-refractivity contribution is 5.79. The second kappa shape index (κ2) is 9.00. The predicted octanol–water partition coefficient (Wildman–Crippen LogP) is -0.355. The first-order valence-corrected chi connectivity index (χ1v) is 12.5. The SMILES string of the molecule is O=C([O-])C[C@@H]1CCN(C(=O)C2CCC2)C[C@@H]1CC[NH+]1C[C@@H]2C[C@H](C1)c1cccc(=O)n1C2. The number of aromatic nitrogens is 1. The Labute approximate surface area is 189 Å². The van der Waals surface area contributed by atoms with Crippen LogP contribution in [0.3, 0.4) is 0 Å². The fraction of sp³-hybridized carbons (Fsp3) is 0.720. The van der Waals surface area contributed by atoms with Gasteiger partial charge in [-0.1, -0.05) is 12.5 Å². The average Bonchev–Trinajstić information content (AvgIpc) is 2.72. The number of likely N-dealkylation sites (tertiary alicyclic amines) is 2. The highest BCUT2D eigenvalue weighted by Crippen LogP contribution is 2.34. The number of hydrogen-bond acceptors (Lipinski definition) is 4. The van der Waals surface area contributed by atoms with Crippen molar-refractivity contribution < 1.29 is 19.6 Å². The smallest absolute Gasteiger partial charge is 0.250 e. The van der Waals surface area contributed by atoms with Crippen LogP contribution in [0.15, 0.2) is 23.0 Å². The molecular formula is C25H35N3O4. The van der Waals surface area contributed by atoms with E-state index in [1.165, 1.54) is 5.69 Å². The van der Waals surface area contributed by atoms with Gasteiger partial charge in [-0.15, -0.1) is 0 Å². The Morgan fingerprint density at radius 1 is 1.09 bits per heavy atom. The minimum atomic E-state index is -0.972. The van der Waals surface area contributed by atoms with Gasteiger partial charge >= 0.3 is 0 Å². The molecule has 1 aromatic heterocycles. The Kier molecular flexibility index (Phi) is 6.10. The van der Waals surface area contributed by atoms with Crippen LogP contribution in [-0.4, -0.2) is 54.1 Å². The monoisotopic (exact) mass is 441 g/mol. The van der Waals surface area contributed by atoms with Crippen LogP contribution >= 0.6 is 0 Å². The summed E-state index contributed by atoms with van der Waals surface area (Å²) >= 11 is 0. The minimum Gasteiger partial charge on any atom is -0.550 e. The molecule has 2 saturated heterocycles. The number of carbonyl (C=O) groups is 2. The molecule has 1 amide bonds. The third-order valence-corrected chi connectivity index (χ3v) is 8.63. The molecule has 2 bridgehead atoms. The van der Waals surface area contributed by atoms with E-state index in [4.69, 9.17) is 0 Å². The van der Waals surface area contributed by atoms with Crippen LogP contribution in [0.1, 0.15) is 56.6 Å². The summed E-state index contributed by atoms with van der Waals surface area (Å²) in [4.78, 5) is 40.0. The van der Waals surface area contributed by atoms with E-state index in [-0.39, 0.29) is 35.6 Å². The fourth-order valence-corrected chi connectivity index (χ4v) is 6.72. The number of amides is 1. The van der Waals surface area contributed by atoms with E-state index in [2.05, 4.69) is 6.07 Å². The number of carbonyl (C=O) groups excluding carboxylic acids is 2. The molecule has 1 saturated carbocycles. The Balaban J connectivity index is 1.23. The van der Waals surface area contributed by atoms with E-state index in [9.17, 15) is 19.5 Å². The van der Waals surface area contributed by atoms with Gasteiger partial charge in [-0.3, -0.25) is 9.59 Å². The fourth-order valence-electron chi connectivity index (χ4n) is 6.72. The summed E-state index contributed by atoms with van der Waals surface area (Å²) in [5, 5.41) is 11.4. The van der Waals surface area contributed by atoms with Crippen LogP contribution in [0.2, 0.25) is 0 Å². The van der Waals surface area contributed by atoms with Crippen molar-refractivity contribution >= 4 is 11.9 Å². The zero-order chi connectivity index (χ0) is 22.2. The van der Waals surface area contributed by atoms with Gasteiger partial charge in [0.05, 0.1) is 19.6 Å². The maximum atomic E-state index is 12.8. The zero-order valence-electron chi connectivity index (χ0n) is 18.8. The Bertz CT molecular complexity index is 924. The van der Waals surface area contributed by atoms with Crippen molar-refractivity contribution in [2.75, 3.05) is 32.7 Å². The number of carboxylic acids is 1. The molecule has 1 N–H and O–H groups in total. The normalized spacial score (nSPS) is 32.1. The van der Waals surface area contributed by atoms with E-state index in [1.807, 2.05) is 15.5 Å². The van der Waals surface area contributed by atoms with Crippen LogP contribution in [-0.2, 0) is 16.1 Å². The lowest BCUT2D eigenvalue weighted by atomic mass is 9.78. The van der Waals surface area contributed by atoms with Crippen molar-refractivity contribution in [3.63, 3.8) is 0 Å². The standard InChI is InChI=1S/C25H35N3O4/c29-23-6-2-5-22-21-11-17(14-28(22)23)13-26(15-21)9-7-20-16-27(25(32)18-3-1-4-18)10-8-19(20)12-24(30)31/h2,5-6,17-21H,1,3-4,7-16H2,(H,30,31)/t17-,19-,20-,21+/m0/s1. The van der Waals surface area contributed by atoms with Crippen molar-refractivity contribution in [2.24, 2.45) is 23.7 Å². The molecule has 7 nitrogen and oxygen atoms in total. The van der Waals surface area contributed by atoms with E-state index < -0.39 is 5.97 Å². The molecule has 3 fully saturated rings. The molecule has 174 valence electrons. The third kappa shape index (κ3) is 4.36. The second-order valence-corrected chi connectivity index (χ2v) is 10.7. The first-order valence-electron chi connectivity index (χ1n) is 12.5.